The Hall–Kier alpha value is -3.79. The predicted octanol–water partition coefficient (Wildman–Crippen LogP) is 2.60. The highest BCUT2D eigenvalue weighted by Crippen LogP contribution is 2.24. The van der Waals surface area contributed by atoms with Gasteiger partial charge in [-0.15, -0.1) is 6.58 Å². The Kier molecular flexibility index (Phi) is 6.18. The molecule has 1 aliphatic heterocycles. The lowest BCUT2D eigenvalue weighted by Gasteiger charge is -2.32. The van der Waals surface area contributed by atoms with Crippen molar-refractivity contribution in [3.63, 3.8) is 0 Å². The van der Waals surface area contributed by atoms with Crippen LogP contribution in [0, 0.1) is 0 Å². The third-order valence-electron chi connectivity index (χ3n) is 4.91. The van der Waals surface area contributed by atoms with Crippen LogP contribution < -0.4 is 10.2 Å². The molecule has 0 unspecified atom stereocenters. The molecule has 4 aromatic rings. The van der Waals surface area contributed by atoms with E-state index in [9.17, 15) is 0 Å². The maximum atomic E-state index is 4.54. The molecule has 10 heteroatoms. The summed E-state index contributed by atoms with van der Waals surface area (Å²) in [6.45, 7) is 9.17. The zero-order valence-corrected chi connectivity index (χ0v) is 17.7. The lowest BCUT2D eigenvalue weighted by atomic mass is 10.2. The molecule has 0 aliphatic carbocycles. The molecule has 0 aromatic carbocycles. The molecule has 0 atom stereocenters. The number of imidazole rings is 1. The van der Waals surface area contributed by atoms with Crippen molar-refractivity contribution in [2.45, 2.75) is 6.92 Å². The number of hydrogen-bond acceptors (Lipinski definition) is 8. The predicted molar refractivity (Wildman–Crippen MR) is 121 cm³/mol. The van der Waals surface area contributed by atoms with E-state index in [4.69, 9.17) is 0 Å². The summed E-state index contributed by atoms with van der Waals surface area (Å²) < 4.78 is 1.97. The minimum atomic E-state index is 0.646. The summed E-state index contributed by atoms with van der Waals surface area (Å²) in [6, 6.07) is 0. The van der Waals surface area contributed by atoms with Gasteiger partial charge in [-0.05, 0) is 14.0 Å². The number of fused-ring (bicyclic) bond motifs is 1. The van der Waals surface area contributed by atoms with Gasteiger partial charge in [0.05, 0.1) is 36.2 Å². The molecule has 10 nitrogen and oxygen atoms in total. The molecule has 1 aliphatic rings. The molecule has 0 bridgehead atoms. The summed E-state index contributed by atoms with van der Waals surface area (Å²) in [5, 5.41) is 10.1. The van der Waals surface area contributed by atoms with Crippen LogP contribution in [0.25, 0.3) is 16.9 Å². The highest BCUT2D eigenvalue weighted by Gasteiger charge is 2.16. The minimum absolute atomic E-state index is 0.646. The van der Waals surface area contributed by atoms with Crippen molar-refractivity contribution in [2.75, 3.05) is 43.4 Å². The summed E-state index contributed by atoms with van der Waals surface area (Å²) in [5.74, 6) is 1.40. The molecule has 0 saturated carbocycles. The molecule has 4 aromatic heterocycles. The zero-order valence-electron chi connectivity index (χ0n) is 17.7. The quantitative estimate of drug-likeness (QED) is 0.488. The molecule has 0 radical (unpaired) electrons. The highest BCUT2D eigenvalue weighted by atomic mass is 15.3. The van der Waals surface area contributed by atoms with E-state index in [1.807, 2.05) is 23.7 Å². The van der Waals surface area contributed by atoms with Gasteiger partial charge in [0.25, 0.3) is 0 Å². The fraction of sp³-hybridized carbons (Fsp3) is 0.286. The molecule has 160 valence electrons. The molecule has 1 fully saturated rings. The van der Waals surface area contributed by atoms with Gasteiger partial charge in [0.15, 0.2) is 11.5 Å². The summed E-state index contributed by atoms with van der Waals surface area (Å²) in [4.78, 5) is 22.5. The monoisotopic (exact) mass is 418 g/mol. The third-order valence-corrected chi connectivity index (χ3v) is 4.91. The molecule has 1 saturated heterocycles. The fourth-order valence-electron chi connectivity index (χ4n) is 3.30. The van der Waals surface area contributed by atoms with E-state index in [0.29, 0.717) is 5.82 Å². The Morgan fingerprint density at radius 1 is 1.03 bits per heavy atom. The average Bonchev–Trinajstić information content (AvgIpc) is 3.49. The highest BCUT2D eigenvalue weighted by molar-refractivity contribution is 5.73. The minimum Gasteiger partial charge on any atom is -0.338 e. The van der Waals surface area contributed by atoms with Crippen LogP contribution >= 0.6 is 0 Å². The first kappa shape index (κ1) is 20.5. The number of hydrogen-bond donors (Lipinski definition) is 2. The van der Waals surface area contributed by atoms with Crippen molar-refractivity contribution < 1.29 is 0 Å². The number of H-pyrrole nitrogens is 1. The number of aromatic amines is 1. The largest absolute Gasteiger partial charge is 0.338 e. The lowest BCUT2D eigenvalue weighted by Crippen LogP contribution is -2.45. The van der Waals surface area contributed by atoms with Crippen molar-refractivity contribution >= 4 is 23.1 Å². The van der Waals surface area contributed by atoms with E-state index in [-0.39, 0.29) is 0 Å². The van der Waals surface area contributed by atoms with Crippen LogP contribution in [0.15, 0.2) is 56.0 Å². The number of likely N-dealkylation sites (N-methyl/N-ethyl adjacent to an activating group) is 1. The van der Waals surface area contributed by atoms with E-state index in [0.717, 1.165) is 54.7 Å². The second-order valence-corrected chi connectivity index (χ2v) is 7.20. The van der Waals surface area contributed by atoms with Crippen molar-refractivity contribution in [1.82, 2.24) is 39.4 Å². The summed E-state index contributed by atoms with van der Waals surface area (Å²) in [6.07, 6.45) is 14.3. The van der Waals surface area contributed by atoms with Crippen LogP contribution in [-0.2, 0) is 0 Å². The van der Waals surface area contributed by atoms with E-state index < -0.39 is 0 Å². The molecule has 0 spiro atoms. The van der Waals surface area contributed by atoms with Crippen molar-refractivity contribution in [3.05, 3.63) is 56.0 Å². The molecule has 31 heavy (non-hydrogen) atoms. The molecule has 0 amide bonds. The second-order valence-electron chi connectivity index (χ2n) is 7.20. The summed E-state index contributed by atoms with van der Waals surface area (Å²) in [7, 11) is 2.13. The zero-order chi connectivity index (χ0) is 21.6. The number of nitrogens with one attached hydrogen (secondary N) is 2. The van der Waals surface area contributed by atoms with Gasteiger partial charge in [-0.3, -0.25) is 9.50 Å². The standard InChI is InChI=1S/C18H20N10.C3H6/c1-26-4-6-27(7-5-26)18-21-10-14(11-22-18)25-16-17-19-2-3-28(17)15(12-20-16)13-8-23-24-9-13;1-3-2/h2-3,8-12H,4-7H2,1H3,(H,20,25)(H,23,24);3H,1H2,2H3. The third kappa shape index (κ3) is 4.53. The van der Waals surface area contributed by atoms with E-state index in [1.54, 1.807) is 37.1 Å². The van der Waals surface area contributed by atoms with Crippen LogP contribution in [0.4, 0.5) is 17.5 Å². The average molecular weight is 419 g/mol. The van der Waals surface area contributed by atoms with Crippen molar-refractivity contribution in [3.8, 4) is 11.3 Å². The number of anilines is 3. The van der Waals surface area contributed by atoms with Gasteiger partial charge in [-0.2, -0.15) is 5.10 Å². The number of piperazine rings is 1. The van der Waals surface area contributed by atoms with Gasteiger partial charge in [0.1, 0.15) is 0 Å². The molecule has 5 heterocycles. The van der Waals surface area contributed by atoms with Crippen LogP contribution in [0.5, 0.6) is 0 Å². The molecular formula is C21H26N10. The Labute approximate surface area is 180 Å². The molecular weight excluding hydrogens is 392 g/mol. The number of nitrogens with zero attached hydrogens (tertiary/aromatic N) is 8. The number of allylic oxidation sites excluding steroid dienone is 1. The van der Waals surface area contributed by atoms with E-state index in [1.165, 1.54) is 0 Å². The summed E-state index contributed by atoms with van der Waals surface area (Å²) >= 11 is 0. The van der Waals surface area contributed by atoms with Crippen LogP contribution in [0.1, 0.15) is 6.92 Å². The van der Waals surface area contributed by atoms with Crippen molar-refractivity contribution in [1.29, 1.82) is 0 Å². The second kappa shape index (κ2) is 9.35. The summed E-state index contributed by atoms with van der Waals surface area (Å²) in [5.41, 5.74) is 3.35. The first-order chi connectivity index (χ1) is 15.2. The maximum Gasteiger partial charge on any atom is 0.225 e. The smallest absolute Gasteiger partial charge is 0.225 e. The van der Waals surface area contributed by atoms with Gasteiger partial charge in [-0.1, -0.05) is 6.08 Å². The Balaban J connectivity index is 0.000000730. The Bertz CT molecular complexity index is 1110. The van der Waals surface area contributed by atoms with Gasteiger partial charge >= 0.3 is 0 Å². The molecule has 2 N–H and O–H groups in total. The van der Waals surface area contributed by atoms with Crippen LogP contribution in [0.2, 0.25) is 0 Å². The Morgan fingerprint density at radius 3 is 2.45 bits per heavy atom. The topological polar surface area (TPSA) is 103 Å². The number of rotatable bonds is 4. The van der Waals surface area contributed by atoms with E-state index in [2.05, 4.69) is 58.9 Å². The van der Waals surface area contributed by atoms with Crippen LogP contribution in [-0.4, -0.2) is 72.7 Å². The first-order valence-electron chi connectivity index (χ1n) is 10.1. The van der Waals surface area contributed by atoms with Gasteiger partial charge in [0, 0.05) is 50.3 Å². The SMILES string of the molecule is C=CC.CN1CCN(c2ncc(Nc3ncc(-c4cn[nH]c4)n4ccnc34)cn2)CC1. The first-order valence-corrected chi connectivity index (χ1v) is 10.1. The number of aromatic nitrogens is 7. The van der Waals surface area contributed by atoms with Gasteiger partial charge in [0.2, 0.25) is 5.95 Å². The van der Waals surface area contributed by atoms with E-state index >= 15 is 0 Å². The fourth-order valence-corrected chi connectivity index (χ4v) is 3.30. The van der Waals surface area contributed by atoms with Gasteiger partial charge < -0.3 is 15.1 Å². The van der Waals surface area contributed by atoms with Crippen molar-refractivity contribution in [2.24, 2.45) is 0 Å². The van der Waals surface area contributed by atoms with Crippen LogP contribution in [0.3, 0.4) is 0 Å². The normalized spacial score (nSPS) is 14.2. The molecule has 5 rings (SSSR count). The Morgan fingerprint density at radius 2 is 1.77 bits per heavy atom. The maximum absolute atomic E-state index is 4.54. The van der Waals surface area contributed by atoms with Gasteiger partial charge in [-0.25, -0.2) is 19.9 Å². The lowest BCUT2D eigenvalue weighted by molar-refractivity contribution is 0.311.